The van der Waals surface area contributed by atoms with Crippen molar-refractivity contribution < 1.29 is 9.53 Å². The van der Waals surface area contributed by atoms with Gasteiger partial charge in [-0.15, -0.1) is 0 Å². The van der Waals surface area contributed by atoms with Crippen molar-refractivity contribution in [1.29, 1.82) is 0 Å². The molecule has 4 nitrogen and oxygen atoms in total. The van der Waals surface area contributed by atoms with Gasteiger partial charge in [0.25, 0.3) is 0 Å². The molecule has 1 heterocycles. The molecule has 2 atom stereocenters. The number of carbonyl (C=O) groups excluding carboxylic acids is 1. The minimum absolute atomic E-state index is 0.0148. The van der Waals surface area contributed by atoms with Crippen LogP contribution in [0, 0.1) is 5.92 Å². The maximum absolute atomic E-state index is 12.3. The van der Waals surface area contributed by atoms with E-state index in [0.29, 0.717) is 13.2 Å². The van der Waals surface area contributed by atoms with Gasteiger partial charge < -0.3 is 15.4 Å². The lowest BCUT2D eigenvalue weighted by Gasteiger charge is -2.42. The third-order valence-corrected chi connectivity index (χ3v) is 4.26. The van der Waals surface area contributed by atoms with Gasteiger partial charge in [0, 0.05) is 11.6 Å². The predicted molar refractivity (Wildman–Crippen MR) is 66.8 cm³/mol. The highest BCUT2D eigenvalue weighted by atomic mass is 16.5. The van der Waals surface area contributed by atoms with E-state index in [-0.39, 0.29) is 23.4 Å². The van der Waals surface area contributed by atoms with E-state index in [1.54, 1.807) is 0 Å². The topological polar surface area (TPSA) is 50.4 Å². The van der Waals surface area contributed by atoms with E-state index in [1.165, 1.54) is 6.42 Å². The molecule has 0 bridgehead atoms. The van der Waals surface area contributed by atoms with E-state index in [9.17, 15) is 4.79 Å². The summed E-state index contributed by atoms with van der Waals surface area (Å²) in [6, 6.07) is 0.189. The normalized spacial score (nSPS) is 30.9. The Morgan fingerprint density at radius 3 is 2.65 bits per heavy atom. The van der Waals surface area contributed by atoms with Gasteiger partial charge >= 0.3 is 0 Å². The van der Waals surface area contributed by atoms with Crippen molar-refractivity contribution in [2.24, 2.45) is 5.92 Å². The van der Waals surface area contributed by atoms with Crippen LogP contribution in [0.3, 0.4) is 0 Å². The van der Waals surface area contributed by atoms with Gasteiger partial charge in [0.1, 0.15) is 0 Å². The molecular formula is C13H24N2O2. The third kappa shape index (κ3) is 2.63. The zero-order valence-electron chi connectivity index (χ0n) is 10.9. The van der Waals surface area contributed by atoms with E-state index in [4.69, 9.17) is 4.74 Å². The summed E-state index contributed by atoms with van der Waals surface area (Å²) < 4.78 is 5.42. The molecule has 0 aromatic heterocycles. The van der Waals surface area contributed by atoms with E-state index >= 15 is 0 Å². The number of likely N-dealkylation sites (N-methyl/N-ethyl adjacent to an activating group) is 1. The molecule has 17 heavy (non-hydrogen) atoms. The van der Waals surface area contributed by atoms with E-state index in [0.717, 1.165) is 25.8 Å². The number of amides is 1. The van der Waals surface area contributed by atoms with Gasteiger partial charge in [0.2, 0.25) is 5.91 Å². The first kappa shape index (κ1) is 12.8. The van der Waals surface area contributed by atoms with Crippen LogP contribution >= 0.6 is 0 Å². The Morgan fingerprint density at radius 1 is 1.35 bits per heavy atom. The smallest absolute Gasteiger partial charge is 0.227 e. The molecule has 1 aliphatic carbocycles. The lowest BCUT2D eigenvalue weighted by atomic mass is 9.74. The van der Waals surface area contributed by atoms with Gasteiger partial charge in [0.15, 0.2) is 0 Å². The van der Waals surface area contributed by atoms with Crippen LogP contribution in [0.5, 0.6) is 0 Å². The summed E-state index contributed by atoms with van der Waals surface area (Å²) in [4.78, 5) is 12.3. The number of nitrogens with one attached hydrogen (secondary N) is 2. The minimum Gasteiger partial charge on any atom is -0.379 e. The summed E-state index contributed by atoms with van der Waals surface area (Å²) in [5.74, 6) is 0.161. The van der Waals surface area contributed by atoms with Crippen molar-refractivity contribution in [3.8, 4) is 0 Å². The molecule has 2 unspecified atom stereocenters. The highest BCUT2D eigenvalue weighted by Crippen LogP contribution is 2.35. The second-order valence-corrected chi connectivity index (χ2v) is 5.28. The lowest BCUT2D eigenvalue weighted by Crippen LogP contribution is -2.56. The molecule has 98 valence electrons. The third-order valence-electron chi connectivity index (χ3n) is 4.26. The van der Waals surface area contributed by atoms with Crippen LogP contribution < -0.4 is 10.6 Å². The molecular weight excluding hydrogens is 216 g/mol. The van der Waals surface area contributed by atoms with Crippen LogP contribution in [0.25, 0.3) is 0 Å². The summed E-state index contributed by atoms with van der Waals surface area (Å²) in [5.41, 5.74) is 0.0937. The van der Waals surface area contributed by atoms with Gasteiger partial charge in [-0.3, -0.25) is 4.79 Å². The van der Waals surface area contributed by atoms with E-state index in [1.807, 2.05) is 0 Å². The summed E-state index contributed by atoms with van der Waals surface area (Å²) >= 11 is 0. The lowest BCUT2D eigenvalue weighted by molar-refractivity contribution is -0.128. The Balaban J connectivity index is 1.90. The highest BCUT2D eigenvalue weighted by molar-refractivity contribution is 5.80. The van der Waals surface area contributed by atoms with Gasteiger partial charge in [-0.25, -0.2) is 0 Å². The fraction of sp³-hybridized carbons (Fsp3) is 0.923. The summed E-state index contributed by atoms with van der Waals surface area (Å²) in [6.45, 7) is 6.32. The van der Waals surface area contributed by atoms with Crippen molar-refractivity contribution in [3.05, 3.63) is 0 Å². The van der Waals surface area contributed by atoms with Crippen molar-refractivity contribution in [2.45, 2.75) is 51.1 Å². The van der Waals surface area contributed by atoms with Crippen molar-refractivity contribution in [2.75, 3.05) is 19.8 Å². The Hall–Kier alpha value is -0.610. The second kappa shape index (κ2) is 5.36. The molecule has 1 amide bonds. The zero-order chi connectivity index (χ0) is 12.3. The standard InChI is InChI=1S/C13H24N2O2/c1-3-13(6-5-7-13)15-12(16)10-8-17-9-11(10)14-4-2/h10-11,14H,3-9H2,1-2H3,(H,15,16). The molecule has 0 aromatic rings. The molecule has 2 fully saturated rings. The molecule has 0 aromatic carbocycles. The van der Waals surface area contributed by atoms with Crippen molar-refractivity contribution in [3.63, 3.8) is 0 Å². The fourth-order valence-electron chi connectivity index (χ4n) is 2.80. The second-order valence-electron chi connectivity index (χ2n) is 5.28. The summed E-state index contributed by atoms with van der Waals surface area (Å²) in [6.07, 6.45) is 4.55. The molecule has 2 rings (SSSR count). The maximum Gasteiger partial charge on any atom is 0.227 e. The SMILES string of the molecule is CCNC1COCC1C(=O)NC1(CC)CCC1. The van der Waals surface area contributed by atoms with Gasteiger partial charge in [0.05, 0.1) is 19.1 Å². The quantitative estimate of drug-likeness (QED) is 0.755. The number of carbonyl (C=O) groups is 1. The minimum atomic E-state index is -0.0148. The van der Waals surface area contributed by atoms with E-state index in [2.05, 4.69) is 24.5 Å². The van der Waals surface area contributed by atoms with Gasteiger partial charge in [-0.2, -0.15) is 0 Å². The van der Waals surface area contributed by atoms with Crippen LogP contribution in [0.15, 0.2) is 0 Å². The fourth-order valence-corrected chi connectivity index (χ4v) is 2.80. The first-order valence-electron chi connectivity index (χ1n) is 6.84. The van der Waals surface area contributed by atoms with Gasteiger partial charge in [-0.1, -0.05) is 13.8 Å². The van der Waals surface area contributed by atoms with Crippen LogP contribution in [-0.2, 0) is 9.53 Å². The Bertz CT molecular complexity index is 271. The van der Waals surface area contributed by atoms with Crippen LogP contribution in [0.2, 0.25) is 0 Å². The summed E-state index contributed by atoms with van der Waals surface area (Å²) in [5, 5.41) is 6.58. The molecule has 0 radical (unpaired) electrons. The molecule has 1 saturated heterocycles. The maximum atomic E-state index is 12.3. The Morgan fingerprint density at radius 2 is 2.12 bits per heavy atom. The van der Waals surface area contributed by atoms with Crippen LogP contribution in [0.1, 0.15) is 39.5 Å². The first-order chi connectivity index (χ1) is 8.21. The number of hydrogen-bond donors (Lipinski definition) is 2. The Labute approximate surface area is 103 Å². The molecule has 4 heteroatoms. The molecule has 2 N–H and O–H groups in total. The molecule has 0 spiro atoms. The highest BCUT2D eigenvalue weighted by Gasteiger charge is 2.41. The van der Waals surface area contributed by atoms with Crippen molar-refractivity contribution in [1.82, 2.24) is 10.6 Å². The predicted octanol–water partition coefficient (Wildman–Crippen LogP) is 1.06. The largest absolute Gasteiger partial charge is 0.379 e. The Kier molecular flexibility index (Phi) is 4.05. The molecule has 1 aliphatic heterocycles. The average molecular weight is 240 g/mol. The van der Waals surface area contributed by atoms with Crippen molar-refractivity contribution >= 4 is 5.91 Å². The zero-order valence-corrected chi connectivity index (χ0v) is 10.9. The average Bonchev–Trinajstić information content (AvgIpc) is 2.72. The number of hydrogen-bond acceptors (Lipinski definition) is 3. The van der Waals surface area contributed by atoms with Gasteiger partial charge in [-0.05, 0) is 32.2 Å². The molecule has 2 aliphatic rings. The number of rotatable bonds is 5. The molecule has 1 saturated carbocycles. The van der Waals surface area contributed by atoms with Crippen LogP contribution in [0.4, 0.5) is 0 Å². The monoisotopic (exact) mass is 240 g/mol. The van der Waals surface area contributed by atoms with E-state index < -0.39 is 0 Å². The number of ether oxygens (including phenoxy) is 1. The van der Waals surface area contributed by atoms with Crippen LogP contribution in [-0.4, -0.2) is 37.2 Å². The summed E-state index contributed by atoms with van der Waals surface area (Å²) in [7, 11) is 0. The first-order valence-corrected chi connectivity index (χ1v) is 6.84.